The van der Waals surface area contributed by atoms with Gasteiger partial charge in [0.05, 0.1) is 11.7 Å². The third-order valence-electron chi connectivity index (χ3n) is 5.82. The molecule has 1 atom stereocenters. The van der Waals surface area contributed by atoms with Crippen molar-refractivity contribution in [2.24, 2.45) is 10.7 Å². The molecule has 0 unspecified atom stereocenters. The molecule has 2 heterocycles. The molecule has 0 bridgehead atoms. The number of benzene rings is 1. The number of rotatable bonds is 5. The first kappa shape index (κ1) is 22.8. The highest BCUT2D eigenvalue weighted by Crippen LogP contribution is 2.44. The number of hydrogen-bond donors (Lipinski definition) is 1. The number of nitrogens with zero attached hydrogens (tertiary/aromatic N) is 3. The molecule has 2 aromatic rings. The molecule has 1 saturated carbocycles. The molecule has 6 nitrogen and oxygen atoms in total. The summed E-state index contributed by atoms with van der Waals surface area (Å²) >= 11 is 0. The van der Waals surface area contributed by atoms with Crippen molar-refractivity contribution in [3.63, 3.8) is 0 Å². The van der Waals surface area contributed by atoms with Gasteiger partial charge in [-0.15, -0.1) is 0 Å². The number of alkyl halides is 3. The lowest BCUT2D eigenvalue weighted by atomic mass is 9.91. The average molecular weight is 458 g/mol. The van der Waals surface area contributed by atoms with E-state index in [-0.39, 0.29) is 23.7 Å². The smallest absolute Gasteiger partial charge is 0.421 e. The van der Waals surface area contributed by atoms with E-state index in [9.17, 15) is 18.0 Å². The van der Waals surface area contributed by atoms with E-state index in [1.54, 1.807) is 23.2 Å². The highest BCUT2D eigenvalue weighted by molar-refractivity contribution is 6.11. The van der Waals surface area contributed by atoms with Crippen LogP contribution in [-0.4, -0.2) is 29.2 Å². The molecule has 1 aromatic heterocycles. The lowest BCUT2D eigenvalue weighted by molar-refractivity contribution is -0.138. The number of ether oxygens (including phenoxy) is 1. The Hall–Kier alpha value is -3.36. The van der Waals surface area contributed by atoms with Crippen LogP contribution in [0.1, 0.15) is 49.8 Å². The van der Waals surface area contributed by atoms with Gasteiger partial charge in [0, 0.05) is 48.3 Å². The van der Waals surface area contributed by atoms with E-state index in [1.165, 1.54) is 25.4 Å². The second kappa shape index (κ2) is 8.88. The van der Waals surface area contributed by atoms with E-state index >= 15 is 0 Å². The number of hydrogen-bond acceptors (Lipinski definition) is 5. The van der Waals surface area contributed by atoms with E-state index < -0.39 is 17.6 Å². The molecule has 1 fully saturated rings. The van der Waals surface area contributed by atoms with Gasteiger partial charge in [0.2, 0.25) is 11.8 Å². The molecule has 174 valence electrons. The summed E-state index contributed by atoms with van der Waals surface area (Å²) in [5, 5.41) is 0. The molecular formula is C24H25F3N4O2. The minimum absolute atomic E-state index is 0.0461. The Morgan fingerprint density at radius 1 is 1.27 bits per heavy atom. The number of carbonyl (C=O) groups is 1. The molecular weight excluding hydrogens is 433 g/mol. The van der Waals surface area contributed by atoms with E-state index in [0.29, 0.717) is 35.2 Å². The summed E-state index contributed by atoms with van der Waals surface area (Å²) in [7, 11) is 0. The summed E-state index contributed by atoms with van der Waals surface area (Å²) < 4.78 is 46.8. The standard InChI is InChI=1S/C24H25F3N4O2/c1-14-5-8-19-21(31(14)15(2)32)10-9-18(16(12-28)13-30-17-6-7-17)22(19)33-23-20(24(25,26)27)4-3-11-29-23/h3-4,9-14,17H,5-8,28H2,1-2H3/t14-/m0/s1. The number of anilines is 1. The SMILES string of the molecule is CC(=O)N1c2ccc(C(C=NC3CC3)=CN)c(Oc3ncccc3C(F)(F)F)c2CC[C@@H]1C. The van der Waals surface area contributed by atoms with Gasteiger partial charge in [-0.1, -0.05) is 0 Å². The summed E-state index contributed by atoms with van der Waals surface area (Å²) in [5.74, 6) is -0.502. The molecule has 1 amide bonds. The summed E-state index contributed by atoms with van der Waals surface area (Å²) in [6.45, 7) is 3.40. The van der Waals surface area contributed by atoms with Crippen LogP contribution in [0, 0.1) is 0 Å². The van der Waals surface area contributed by atoms with Gasteiger partial charge in [-0.2, -0.15) is 13.2 Å². The Bertz CT molecular complexity index is 1120. The topological polar surface area (TPSA) is 80.8 Å². The first-order valence-electron chi connectivity index (χ1n) is 10.8. The van der Waals surface area contributed by atoms with Crippen molar-refractivity contribution in [1.82, 2.24) is 4.98 Å². The van der Waals surface area contributed by atoms with Crippen LogP contribution in [0.15, 0.2) is 41.7 Å². The average Bonchev–Trinajstić information content (AvgIpc) is 3.59. The largest absolute Gasteiger partial charge is 0.437 e. The van der Waals surface area contributed by atoms with Crippen LogP contribution in [0.4, 0.5) is 18.9 Å². The summed E-state index contributed by atoms with van der Waals surface area (Å²) in [6.07, 6.45) is 2.75. The molecule has 0 radical (unpaired) electrons. The second-order valence-electron chi connectivity index (χ2n) is 8.30. The molecule has 0 spiro atoms. The predicted molar refractivity (Wildman–Crippen MR) is 120 cm³/mol. The first-order valence-corrected chi connectivity index (χ1v) is 10.8. The third-order valence-corrected chi connectivity index (χ3v) is 5.82. The van der Waals surface area contributed by atoms with Gasteiger partial charge in [-0.25, -0.2) is 4.98 Å². The zero-order chi connectivity index (χ0) is 23.8. The van der Waals surface area contributed by atoms with Gasteiger partial charge in [0.1, 0.15) is 11.3 Å². The highest BCUT2D eigenvalue weighted by atomic mass is 19.4. The molecule has 2 N–H and O–H groups in total. The maximum atomic E-state index is 13.6. The number of amides is 1. The lowest BCUT2D eigenvalue weighted by Gasteiger charge is -2.36. The van der Waals surface area contributed by atoms with Crippen molar-refractivity contribution in [3.05, 3.63) is 53.4 Å². The van der Waals surface area contributed by atoms with E-state index in [4.69, 9.17) is 10.5 Å². The van der Waals surface area contributed by atoms with Gasteiger partial charge >= 0.3 is 6.18 Å². The van der Waals surface area contributed by atoms with E-state index in [0.717, 1.165) is 18.9 Å². The normalized spacial score (nSPS) is 19.0. The van der Waals surface area contributed by atoms with Gasteiger partial charge in [0.15, 0.2) is 0 Å². The van der Waals surface area contributed by atoms with Gasteiger partial charge in [0.25, 0.3) is 0 Å². The fourth-order valence-electron chi connectivity index (χ4n) is 4.02. The molecule has 1 aromatic carbocycles. The molecule has 4 rings (SSSR count). The van der Waals surface area contributed by atoms with Crippen LogP contribution in [0.2, 0.25) is 0 Å². The maximum absolute atomic E-state index is 13.6. The zero-order valence-electron chi connectivity index (χ0n) is 18.4. The quantitative estimate of drug-likeness (QED) is 0.631. The number of fused-ring (bicyclic) bond motifs is 1. The molecule has 9 heteroatoms. The van der Waals surface area contributed by atoms with Crippen molar-refractivity contribution < 1.29 is 22.7 Å². The Morgan fingerprint density at radius 2 is 2.03 bits per heavy atom. The van der Waals surface area contributed by atoms with E-state index in [1.807, 2.05) is 6.92 Å². The Morgan fingerprint density at radius 3 is 2.67 bits per heavy atom. The third kappa shape index (κ3) is 4.72. The minimum Gasteiger partial charge on any atom is -0.437 e. The number of allylic oxidation sites excluding steroid dienone is 1. The molecule has 0 saturated heterocycles. The Balaban J connectivity index is 1.88. The van der Waals surface area contributed by atoms with Crippen LogP contribution in [0.5, 0.6) is 11.6 Å². The monoisotopic (exact) mass is 458 g/mol. The molecule has 33 heavy (non-hydrogen) atoms. The van der Waals surface area contributed by atoms with Crippen LogP contribution in [-0.2, 0) is 17.4 Å². The second-order valence-corrected chi connectivity index (χ2v) is 8.30. The van der Waals surface area contributed by atoms with Crippen molar-refractivity contribution in [2.45, 2.75) is 57.8 Å². The number of halogens is 3. The van der Waals surface area contributed by atoms with Crippen LogP contribution in [0.25, 0.3) is 5.57 Å². The minimum atomic E-state index is -4.64. The van der Waals surface area contributed by atoms with Crippen LogP contribution >= 0.6 is 0 Å². The molecule has 2 aliphatic rings. The van der Waals surface area contributed by atoms with Crippen molar-refractivity contribution in [2.75, 3.05) is 4.90 Å². The summed E-state index contributed by atoms with van der Waals surface area (Å²) in [6, 6.07) is 5.82. The number of nitrogens with two attached hydrogens (primary N) is 1. The number of pyridine rings is 1. The number of aromatic nitrogens is 1. The fourth-order valence-corrected chi connectivity index (χ4v) is 4.02. The molecule has 1 aliphatic carbocycles. The zero-order valence-corrected chi connectivity index (χ0v) is 18.4. The number of carbonyl (C=O) groups excluding carboxylic acids is 1. The maximum Gasteiger partial charge on any atom is 0.421 e. The Labute approximate surface area is 190 Å². The first-order chi connectivity index (χ1) is 15.7. The summed E-state index contributed by atoms with van der Waals surface area (Å²) in [5.41, 5.74) is 7.17. The number of aliphatic imine (C=N–C) groups is 1. The van der Waals surface area contributed by atoms with Gasteiger partial charge < -0.3 is 15.4 Å². The van der Waals surface area contributed by atoms with Crippen molar-refractivity contribution >= 4 is 23.4 Å². The van der Waals surface area contributed by atoms with E-state index in [2.05, 4.69) is 9.98 Å². The van der Waals surface area contributed by atoms with Gasteiger partial charge in [-0.3, -0.25) is 9.79 Å². The predicted octanol–water partition coefficient (Wildman–Crippen LogP) is 5.11. The highest BCUT2D eigenvalue weighted by Gasteiger charge is 2.36. The fraction of sp³-hybridized carbons (Fsp3) is 0.375. The summed E-state index contributed by atoms with van der Waals surface area (Å²) in [4.78, 5) is 22.3. The van der Waals surface area contributed by atoms with Crippen LogP contribution in [0.3, 0.4) is 0 Å². The van der Waals surface area contributed by atoms with Crippen LogP contribution < -0.4 is 15.4 Å². The Kier molecular flexibility index (Phi) is 6.14. The van der Waals surface area contributed by atoms with Crippen molar-refractivity contribution in [1.29, 1.82) is 0 Å². The van der Waals surface area contributed by atoms with Crippen molar-refractivity contribution in [3.8, 4) is 11.6 Å². The lowest BCUT2D eigenvalue weighted by Crippen LogP contribution is -2.40. The van der Waals surface area contributed by atoms with Gasteiger partial charge in [-0.05, 0) is 56.9 Å². The molecule has 1 aliphatic heterocycles.